The molecule has 0 unspecified atom stereocenters. The number of Topliss-reactive ketones (excluding diaryl/α,β-unsaturated/α-hetero) is 1. The van der Waals surface area contributed by atoms with Gasteiger partial charge in [-0.25, -0.2) is 0 Å². The van der Waals surface area contributed by atoms with E-state index in [0.29, 0.717) is 0 Å². The Balaban J connectivity index is 1.52. The van der Waals surface area contributed by atoms with Crippen LogP contribution in [0.25, 0.3) is 0 Å². The first-order valence-electron chi connectivity index (χ1n) is 13.4. The summed E-state index contributed by atoms with van der Waals surface area (Å²) in [7, 11) is 0. The van der Waals surface area contributed by atoms with Crippen LogP contribution in [0, 0.1) is 5.41 Å². The van der Waals surface area contributed by atoms with E-state index in [0.717, 1.165) is 21.3 Å². The van der Waals surface area contributed by atoms with Crippen molar-refractivity contribution in [3.05, 3.63) is 81.4 Å². The molecule has 1 saturated carbocycles. The molecule has 2 atom stereocenters. The Kier molecular flexibility index (Phi) is 8.10. The highest BCUT2D eigenvalue weighted by Gasteiger charge is 2.48. The van der Waals surface area contributed by atoms with Crippen molar-refractivity contribution in [1.29, 1.82) is 0 Å². The lowest BCUT2D eigenvalue weighted by atomic mass is 9.74. The number of alkyl halides is 3. The quantitative estimate of drug-likeness (QED) is 0.307. The first kappa shape index (κ1) is 30.0. The van der Waals surface area contributed by atoms with E-state index >= 15 is 0 Å². The van der Waals surface area contributed by atoms with Crippen LogP contribution >= 0.6 is 23.2 Å². The summed E-state index contributed by atoms with van der Waals surface area (Å²) in [5, 5.41) is 13.5. The zero-order valence-corrected chi connectivity index (χ0v) is 24.0. The van der Waals surface area contributed by atoms with Gasteiger partial charge >= 0.3 is 12.1 Å². The average Bonchev–Trinajstić information content (AvgIpc) is 3.59. The van der Waals surface area contributed by atoms with Crippen LogP contribution in [-0.4, -0.2) is 55.0 Å². The third-order valence-corrected chi connectivity index (χ3v) is 9.02. The second-order valence-corrected chi connectivity index (χ2v) is 11.9. The molecular weight excluding hydrogens is 596 g/mol. The monoisotopic (exact) mass is 622 g/mol. The number of carbonyl (C=O) groups is 3. The number of likely N-dealkylation sites (tertiary alicyclic amines) is 1. The molecule has 2 aliphatic rings. The van der Waals surface area contributed by atoms with Crippen LogP contribution < -0.4 is 0 Å². The van der Waals surface area contributed by atoms with E-state index in [9.17, 15) is 32.7 Å². The number of aliphatic carboxylic acids is 1. The number of hydrogen-bond donors (Lipinski definition) is 1. The van der Waals surface area contributed by atoms with Crippen molar-refractivity contribution in [1.82, 2.24) is 19.7 Å². The van der Waals surface area contributed by atoms with Crippen LogP contribution in [0.15, 0.2) is 48.9 Å². The molecule has 1 saturated heterocycles. The van der Waals surface area contributed by atoms with Crippen molar-refractivity contribution in [2.75, 3.05) is 6.54 Å². The molecule has 1 aliphatic carbocycles. The first-order valence-corrected chi connectivity index (χ1v) is 14.1. The van der Waals surface area contributed by atoms with E-state index in [1.54, 1.807) is 19.1 Å². The summed E-state index contributed by atoms with van der Waals surface area (Å²) in [6, 6.07) is 7.21. The van der Waals surface area contributed by atoms with Gasteiger partial charge in [-0.15, -0.1) is 0 Å². The molecule has 3 aromatic rings. The number of aromatic nitrogens is 3. The SMILES string of the molecule is C[C@]1(C(=O)O)CC[C@H](n2ncc(C(=O)N3C[C@@H](c4ccccc4)C[C@H]3C(=O)c3c(Cl)cncc3Cl)c2C(F)(F)F)CC1. The van der Waals surface area contributed by atoms with Crippen molar-refractivity contribution < 1.29 is 32.7 Å². The lowest BCUT2D eigenvalue weighted by molar-refractivity contribution is -0.152. The molecule has 13 heteroatoms. The van der Waals surface area contributed by atoms with Gasteiger partial charge in [0.15, 0.2) is 11.5 Å². The Bertz CT molecular complexity index is 1500. The summed E-state index contributed by atoms with van der Waals surface area (Å²) in [5.41, 5.74) is -2.15. The Hall–Kier alpha value is -3.44. The highest BCUT2D eigenvalue weighted by molar-refractivity contribution is 6.40. The second kappa shape index (κ2) is 11.3. The van der Waals surface area contributed by atoms with Crippen molar-refractivity contribution in [2.24, 2.45) is 5.41 Å². The van der Waals surface area contributed by atoms with E-state index in [4.69, 9.17) is 23.2 Å². The molecule has 1 amide bonds. The zero-order valence-electron chi connectivity index (χ0n) is 22.4. The van der Waals surface area contributed by atoms with Crippen LogP contribution in [0.3, 0.4) is 0 Å². The molecule has 2 aromatic heterocycles. The van der Waals surface area contributed by atoms with Crippen LogP contribution in [0.2, 0.25) is 10.0 Å². The summed E-state index contributed by atoms with van der Waals surface area (Å²) >= 11 is 12.5. The molecule has 0 bridgehead atoms. The van der Waals surface area contributed by atoms with E-state index < -0.39 is 52.6 Å². The normalized spacial score (nSPS) is 24.5. The highest BCUT2D eigenvalue weighted by atomic mass is 35.5. The van der Waals surface area contributed by atoms with E-state index in [2.05, 4.69) is 10.1 Å². The molecule has 0 spiro atoms. The number of pyridine rings is 1. The molecule has 222 valence electrons. The number of carbonyl (C=O) groups excluding carboxylic acids is 2. The van der Waals surface area contributed by atoms with Crippen LogP contribution in [0.4, 0.5) is 13.2 Å². The van der Waals surface area contributed by atoms with Crippen molar-refractivity contribution >= 4 is 40.9 Å². The van der Waals surface area contributed by atoms with Gasteiger partial charge in [0.1, 0.15) is 0 Å². The van der Waals surface area contributed by atoms with Gasteiger partial charge in [0, 0.05) is 24.9 Å². The third kappa shape index (κ3) is 5.51. The molecule has 2 fully saturated rings. The molecular formula is C29H27Cl2F3N4O4. The van der Waals surface area contributed by atoms with Crippen LogP contribution in [-0.2, 0) is 11.0 Å². The Labute approximate surface area is 249 Å². The number of hydrogen-bond acceptors (Lipinski definition) is 5. The molecule has 5 rings (SSSR count). The molecule has 42 heavy (non-hydrogen) atoms. The average molecular weight is 623 g/mol. The van der Waals surface area contributed by atoms with Crippen molar-refractivity contribution in [2.45, 2.75) is 63.2 Å². The number of rotatable bonds is 6. The molecule has 1 aromatic carbocycles. The van der Waals surface area contributed by atoms with Gasteiger partial charge in [-0.3, -0.25) is 24.0 Å². The summed E-state index contributed by atoms with van der Waals surface area (Å²) < 4.78 is 44.5. The van der Waals surface area contributed by atoms with Gasteiger partial charge in [0.2, 0.25) is 0 Å². The molecule has 0 radical (unpaired) electrons. The number of amides is 1. The number of carboxylic acid groups (broad SMARTS) is 1. The minimum atomic E-state index is -4.94. The molecule has 3 heterocycles. The number of nitrogens with zero attached hydrogens (tertiary/aromatic N) is 4. The minimum absolute atomic E-state index is 0.0115. The summed E-state index contributed by atoms with van der Waals surface area (Å²) in [5.74, 6) is -2.92. The summed E-state index contributed by atoms with van der Waals surface area (Å²) in [6.45, 7) is 1.56. The maximum atomic E-state index is 14.6. The largest absolute Gasteiger partial charge is 0.481 e. The van der Waals surface area contributed by atoms with Gasteiger partial charge in [0.05, 0.1) is 44.9 Å². The lowest BCUT2D eigenvalue weighted by Gasteiger charge is -2.34. The standard InChI is InChI=1S/C29H27Cl2F3N4O4/c1-28(27(41)42)9-7-18(8-10-28)38-25(29(32,33)34)19(12-36-38)26(40)37-15-17(16-5-3-2-4-6-16)11-22(37)24(39)23-20(30)13-35-14-21(23)31/h2-6,12-14,17-18,22H,7-11,15H2,1H3,(H,41,42)/t17-,18-,22-,28-/m0/s1. The van der Waals surface area contributed by atoms with E-state index in [1.807, 2.05) is 18.2 Å². The Morgan fingerprint density at radius 3 is 2.21 bits per heavy atom. The number of carboxylic acids is 1. The fourth-order valence-corrected chi connectivity index (χ4v) is 6.57. The number of halogens is 5. The smallest absolute Gasteiger partial charge is 0.433 e. The topological polar surface area (TPSA) is 105 Å². The number of ketones is 1. The minimum Gasteiger partial charge on any atom is -0.481 e. The van der Waals surface area contributed by atoms with E-state index in [-0.39, 0.29) is 60.2 Å². The highest BCUT2D eigenvalue weighted by Crippen LogP contribution is 2.44. The molecule has 8 nitrogen and oxygen atoms in total. The van der Waals surface area contributed by atoms with Gasteiger partial charge in [-0.05, 0) is 44.6 Å². The predicted octanol–water partition coefficient (Wildman–Crippen LogP) is 6.69. The number of benzene rings is 1. The summed E-state index contributed by atoms with van der Waals surface area (Å²) in [4.78, 5) is 44.4. The third-order valence-electron chi connectivity index (χ3n) is 8.45. The maximum absolute atomic E-state index is 14.6. The fourth-order valence-electron chi connectivity index (χ4n) is 6.02. The first-order chi connectivity index (χ1) is 19.8. The zero-order chi connectivity index (χ0) is 30.4. The molecule has 1 aliphatic heterocycles. The Morgan fingerprint density at radius 1 is 1.02 bits per heavy atom. The maximum Gasteiger partial charge on any atom is 0.433 e. The van der Waals surface area contributed by atoms with E-state index in [1.165, 1.54) is 12.4 Å². The van der Waals surface area contributed by atoms with Gasteiger partial charge in [-0.1, -0.05) is 53.5 Å². The second-order valence-electron chi connectivity index (χ2n) is 11.1. The fraction of sp³-hybridized carbons (Fsp3) is 0.414. The predicted molar refractivity (Wildman–Crippen MR) is 148 cm³/mol. The van der Waals surface area contributed by atoms with Gasteiger partial charge in [0.25, 0.3) is 5.91 Å². The molecule has 1 N–H and O–H groups in total. The Morgan fingerprint density at radius 2 is 1.64 bits per heavy atom. The van der Waals surface area contributed by atoms with Crippen molar-refractivity contribution in [3.8, 4) is 0 Å². The van der Waals surface area contributed by atoms with Crippen molar-refractivity contribution in [3.63, 3.8) is 0 Å². The lowest BCUT2D eigenvalue weighted by Crippen LogP contribution is -2.41. The van der Waals surface area contributed by atoms with Gasteiger partial charge < -0.3 is 10.0 Å². The van der Waals surface area contributed by atoms with Crippen LogP contribution in [0.5, 0.6) is 0 Å². The summed E-state index contributed by atoms with van der Waals surface area (Å²) in [6.07, 6.45) is -0.781. The van der Waals surface area contributed by atoms with Gasteiger partial charge in [-0.2, -0.15) is 18.3 Å². The van der Waals surface area contributed by atoms with Crippen LogP contribution in [0.1, 0.15) is 83.0 Å².